The summed E-state index contributed by atoms with van der Waals surface area (Å²) < 4.78 is 31.7. The van der Waals surface area contributed by atoms with Gasteiger partial charge in [0.15, 0.2) is 5.88 Å². The SMILES string of the molecule is O=C(O)C(F)(F)F.Oc1[nH]c2ccccc2c1C=c1ccc2c(c1)N=NC=2C=Cc1ccncc1. The first-order valence-electron chi connectivity index (χ1n) is 10.2. The predicted molar refractivity (Wildman–Crippen MR) is 124 cm³/mol. The zero-order chi connectivity index (χ0) is 25.0. The third-order valence-corrected chi connectivity index (χ3v) is 4.98. The Balaban J connectivity index is 0.000000364. The molecule has 3 heterocycles. The first kappa shape index (κ1) is 23.4. The monoisotopic (exact) mass is 478 g/mol. The molecule has 3 N–H and O–H groups in total. The zero-order valence-electron chi connectivity index (χ0n) is 17.9. The molecule has 1 aliphatic rings. The molecule has 35 heavy (non-hydrogen) atoms. The largest absolute Gasteiger partial charge is 0.494 e. The number of aromatic amines is 1. The van der Waals surface area contributed by atoms with Crippen LogP contribution in [0, 0.1) is 0 Å². The van der Waals surface area contributed by atoms with Crippen molar-refractivity contribution in [2.75, 3.05) is 0 Å². The summed E-state index contributed by atoms with van der Waals surface area (Å²) in [7, 11) is 0. The number of halogens is 3. The fourth-order valence-electron chi connectivity index (χ4n) is 3.33. The van der Waals surface area contributed by atoms with Crippen molar-refractivity contribution in [2.24, 2.45) is 10.2 Å². The van der Waals surface area contributed by atoms with Crippen molar-refractivity contribution in [1.82, 2.24) is 9.97 Å². The van der Waals surface area contributed by atoms with Crippen LogP contribution < -0.4 is 10.4 Å². The Labute approximate surface area is 195 Å². The van der Waals surface area contributed by atoms with E-state index in [1.165, 1.54) is 0 Å². The second-order valence-corrected chi connectivity index (χ2v) is 7.36. The number of aromatic nitrogens is 2. The highest BCUT2D eigenvalue weighted by molar-refractivity contribution is 5.91. The van der Waals surface area contributed by atoms with Gasteiger partial charge in [-0.05, 0) is 53.3 Å². The smallest absolute Gasteiger partial charge is 0.490 e. The van der Waals surface area contributed by atoms with Gasteiger partial charge < -0.3 is 15.2 Å². The van der Waals surface area contributed by atoms with Crippen molar-refractivity contribution in [3.05, 3.63) is 94.6 Å². The minimum Gasteiger partial charge on any atom is -0.494 e. The zero-order valence-corrected chi connectivity index (χ0v) is 17.9. The minimum atomic E-state index is -5.08. The number of carbonyl (C=O) groups is 1. The molecule has 0 unspecified atom stereocenters. The van der Waals surface area contributed by atoms with E-state index in [9.17, 15) is 18.3 Å². The van der Waals surface area contributed by atoms with Crippen LogP contribution in [0.5, 0.6) is 5.88 Å². The summed E-state index contributed by atoms with van der Waals surface area (Å²) >= 11 is 0. The van der Waals surface area contributed by atoms with Gasteiger partial charge in [0.05, 0.1) is 11.4 Å². The van der Waals surface area contributed by atoms with Gasteiger partial charge >= 0.3 is 12.1 Å². The van der Waals surface area contributed by atoms with Crippen molar-refractivity contribution >= 4 is 40.4 Å². The normalized spacial score (nSPS) is 13.2. The van der Waals surface area contributed by atoms with Crippen LogP contribution in [-0.4, -0.2) is 32.3 Å². The highest BCUT2D eigenvalue weighted by Crippen LogP contribution is 2.27. The summed E-state index contributed by atoms with van der Waals surface area (Å²) in [6.45, 7) is 0. The van der Waals surface area contributed by atoms with Crippen LogP contribution in [0.25, 0.3) is 28.8 Å². The van der Waals surface area contributed by atoms with E-state index in [1.54, 1.807) is 12.4 Å². The number of hydrogen-bond acceptors (Lipinski definition) is 5. The van der Waals surface area contributed by atoms with Crippen LogP contribution in [-0.2, 0) is 4.79 Å². The first-order chi connectivity index (χ1) is 16.7. The average Bonchev–Trinajstić information content (AvgIpc) is 3.38. The van der Waals surface area contributed by atoms with E-state index in [0.29, 0.717) is 0 Å². The number of para-hydroxylation sites is 1. The van der Waals surface area contributed by atoms with Crippen LogP contribution in [0.2, 0.25) is 0 Å². The molecule has 0 radical (unpaired) electrons. The highest BCUT2D eigenvalue weighted by Gasteiger charge is 2.38. The predicted octanol–water partition coefficient (Wildman–Crippen LogP) is 4.65. The number of azo groups is 1. The number of nitrogens with one attached hydrogen (secondary N) is 1. The van der Waals surface area contributed by atoms with E-state index in [1.807, 2.05) is 72.8 Å². The molecule has 7 nitrogen and oxygen atoms in total. The Hall–Kier alpha value is -4.73. The number of carboxylic acids is 1. The molecule has 0 aliphatic carbocycles. The topological polar surface area (TPSA) is 111 Å². The Morgan fingerprint density at radius 1 is 0.971 bits per heavy atom. The van der Waals surface area contributed by atoms with Gasteiger partial charge in [-0.1, -0.05) is 30.3 Å². The standard InChI is InChI=1S/C23H16N4O.C2HF3O2/c28-23-19(17-3-1-2-4-20(17)25-23)13-16-5-7-18-21(26-27-22(18)14-16)8-6-15-9-11-24-12-10-15;3-2(4,5)1(6)7/h1-14,25,28H;(H,6,7). The maximum absolute atomic E-state index is 10.6. The van der Waals surface area contributed by atoms with Gasteiger partial charge in [0.25, 0.3) is 0 Å². The Morgan fingerprint density at radius 2 is 1.69 bits per heavy atom. The van der Waals surface area contributed by atoms with Crippen LogP contribution in [0.4, 0.5) is 18.9 Å². The molecule has 5 rings (SSSR count). The van der Waals surface area contributed by atoms with E-state index >= 15 is 0 Å². The summed E-state index contributed by atoms with van der Waals surface area (Å²) in [5.74, 6) is -2.59. The fourth-order valence-corrected chi connectivity index (χ4v) is 3.33. The second-order valence-electron chi connectivity index (χ2n) is 7.36. The molecular weight excluding hydrogens is 461 g/mol. The molecule has 4 aromatic rings. The van der Waals surface area contributed by atoms with Crippen LogP contribution in [0.1, 0.15) is 11.1 Å². The Kier molecular flexibility index (Phi) is 6.45. The van der Waals surface area contributed by atoms with E-state index in [-0.39, 0.29) is 5.88 Å². The maximum atomic E-state index is 10.6. The molecule has 0 amide bonds. The second kappa shape index (κ2) is 9.64. The van der Waals surface area contributed by atoms with Crippen molar-refractivity contribution in [3.63, 3.8) is 0 Å². The molecule has 2 aromatic carbocycles. The molecule has 0 bridgehead atoms. The first-order valence-corrected chi connectivity index (χ1v) is 10.2. The van der Waals surface area contributed by atoms with Gasteiger partial charge in [0.1, 0.15) is 0 Å². The van der Waals surface area contributed by atoms with E-state index in [2.05, 4.69) is 20.2 Å². The molecular formula is C25H17F3N4O3. The molecule has 0 saturated heterocycles. The molecule has 10 heteroatoms. The van der Waals surface area contributed by atoms with Gasteiger partial charge in [-0.15, -0.1) is 10.2 Å². The number of benzene rings is 2. The lowest BCUT2D eigenvalue weighted by Crippen LogP contribution is -2.21. The number of hydrogen-bond donors (Lipinski definition) is 3. The van der Waals surface area contributed by atoms with E-state index in [0.717, 1.165) is 43.9 Å². The number of carboxylic acid groups (broad SMARTS) is 1. The molecule has 176 valence electrons. The molecule has 2 aromatic heterocycles. The van der Waals surface area contributed by atoms with Gasteiger partial charge in [-0.3, -0.25) is 4.98 Å². The number of fused-ring (bicyclic) bond motifs is 2. The number of aliphatic carboxylic acids is 1. The Bertz CT molecular complexity index is 1570. The fraction of sp³-hybridized carbons (Fsp3) is 0.0400. The summed E-state index contributed by atoms with van der Waals surface area (Å²) in [6.07, 6.45) is 4.34. The number of pyridine rings is 1. The lowest BCUT2D eigenvalue weighted by Gasteiger charge is -1.95. The molecule has 0 fully saturated rings. The van der Waals surface area contributed by atoms with Crippen molar-refractivity contribution < 1.29 is 28.2 Å². The van der Waals surface area contributed by atoms with Crippen molar-refractivity contribution in [2.45, 2.75) is 6.18 Å². The van der Waals surface area contributed by atoms with Crippen LogP contribution >= 0.6 is 0 Å². The van der Waals surface area contributed by atoms with Gasteiger partial charge in [0, 0.05) is 34.1 Å². The minimum absolute atomic E-state index is 0.163. The maximum Gasteiger partial charge on any atom is 0.490 e. The molecule has 0 saturated carbocycles. The van der Waals surface area contributed by atoms with Gasteiger partial charge in [-0.2, -0.15) is 13.2 Å². The Morgan fingerprint density at radius 3 is 2.40 bits per heavy atom. The van der Waals surface area contributed by atoms with Crippen LogP contribution in [0.3, 0.4) is 0 Å². The summed E-state index contributed by atoms with van der Waals surface area (Å²) in [6, 6.07) is 17.7. The van der Waals surface area contributed by atoms with Gasteiger partial charge in [0.2, 0.25) is 0 Å². The summed E-state index contributed by atoms with van der Waals surface area (Å²) in [5, 5.41) is 28.9. The number of nitrogens with zero attached hydrogens (tertiary/aromatic N) is 3. The van der Waals surface area contributed by atoms with E-state index < -0.39 is 12.1 Å². The molecule has 0 atom stereocenters. The van der Waals surface area contributed by atoms with Crippen molar-refractivity contribution in [1.29, 1.82) is 0 Å². The third-order valence-electron chi connectivity index (χ3n) is 4.98. The lowest BCUT2D eigenvalue weighted by molar-refractivity contribution is -0.192. The quantitative estimate of drug-likeness (QED) is 0.398. The summed E-state index contributed by atoms with van der Waals surface area (Å²) in [5.41, 5.74) is 4.39. The molecule has 0 spiro atoms. The van der Waals surface area contributed by atoms with Crippen molar-refractivity contribution in [3.8, 4) is 5.88 Å². The highest BCUT2D eigenvalue weighted by atomic mass is 19.4. The number of rotatable bonds is 3. The van der Waals surface area contributed by atoms with Gasteiger partial charge in [-0.25, -0.2) is 4.79 Å². The van der Waals surface area contributed by atoms with E-state index in [4.69, 9.17) is 9.90 Å². The number of aromatic hydroxyl groups is 1. The third kappa shape index (κ3) is 5.44. The average molecular weight is 478 g/mol. The molecule has 1 aliphatic heterocycles. The van der Waals surface area contributed by atoms with Crippen LogP contribution in [0.15, 0.2) is 83.3 Å². The summed E-state index contributed by atoms with van der Waals surface area (Å²) in [4.78, 5) is 15.9. The lowest BCUT2D eigenvalue weighted by atomic mass is 10.1. The number of alkyl halides is 3. The number of H-pyrrole nitrogens is 1.